The molecule has 0 bridgehead atoms. The summed E-state index contributed by atoms with van der Waals surface area (Å²) in [5, 5.41) is 3.91. The van der Waals surface area contributed by atoms with Crippen LogP contribution in [-0.2, 0) is 6.54 Å². The Bertz CT molecular complexity index is 845. The number of aromatic nitrogens is 3. The highest BCUT2D eigenvalue weighted by atomic mass is 35.5. The van der Waals surface area contributed by atoms with E-state index >= 15 is 0 Å². The smallest absolute Gasteiger partial charge is 0.262 e. The first-order valence-corrected chi connectivity index (χ1v) is 8.61. The number of anilines is 2. The van der Waals surface area contributed by atoms with Crippen LogP contribution in [0.2, 0.25) is 0 Å². The molecule has 0 atom stereocenters. The van der Waals surface area contributed by atoms with E-state index in [0.717, 1.165) is 18.7 Å². The number of H-pyrrole nitrogens is 2. The van der Waals surface area contributed by atoms with E-state index in [2.05, 4.69) is 55.9 Å². The van der Waals surface area contributed by atoms with E-state index in [1.807, 2.05) is 18.2 Å². The van der Waals surface area contributed by atoms with Gasteiger partial charge in [0.15, 0.2) is 0 Å². The third kappa shape index (κ3) is 4.74. The zero-order valence-electron chi connectivity index (χ0n) is 14.3. The Hall–Kier alpha value is -2.51. The number of benzene rings is 1. The van der Waals surface area contributed by atoms with Gasteiger partial charge in [0.05, 0.1) is 5.39 Å². The van der Waals surface area contributed by atoms with E-state index in [-0.39, 0.29) is 11.5 Å². The molecule has 0 radical (unpaired) electrons. The van der Waals surface area contributed by atoms with Crippen molar-refractivity contribution in [2.24, 2.45) is 0 Å². The van der Waals surface area contributed by atoms with Crippen LogP contribution in [0.4, 0.5) is 11.6 Å². The molecule has 2 heterocycles. The minimum absolute atomic E-state index is 0.119. The largest absolute Gasteiger partial charge is 0.373 e. The van der Waals surface area contributed by atoms with Crippen molar-refractivity contribution in [1.29, 1.82) is 0 Å². The van der Waals surface area contributed by atoms with Crippen LogP contribution in [0, 0.1) is 0 Å². The molecule has 7 nitrogen and oxygen atoms in total. The molecular weight excluding hydrogens is 340 g/mol. The Morgan fingerprint density at radius 3 is 2.72 bits per heavy atom. The van der Waals surface area contributed by atoms with Crippen molar-refractivity contribution in [2.75, 3.05) is 37.2 Å². The average Bonchev–Trinajstić information content (AvgIpc) is 3.04. The number of hydrogen-bond donors (Lipinski definition) is 4. The number of nitrogens with two attached hydrogens (primary N) is 1. The molecule has 0 aliphatic carbocycles. The van der Waals surface area contributed by atoms with Crippen LogP contribution >= 0.6 is 11.6 Å². The first kappa shape index (κ1) is 18.8. The summed E-state index contributed by atoms with van der Waals surface area (Å²) in [6, 6.07) is 10.2. The maximum absolute atomic E-state index is 12.0. The van der Waals surface area contributed by atoms with E-state index in [9.17, 15) is 4.79 Å². The van der Waals surface area contributed by atoms with Crippen LogP contribution in [-0.4, -0.2) is 41.5 Å². The van der Waals surface area contributed by atoms with E-state index in [4.69, 9.17) is 5.73 Å². The van der Waals surface area contributed by atoms with Gasteiger partial charge in [0.1, 0.15) is 5.65 Å². The first-order valence-electron chi connectivity index (χ1n) is 7.85. The lowest BCUT2D eigenvalue weighted by atomic mass is 10.2. The lowest BCUT2D eigenvalue weighted by Crippen LogP contribution is -2.29. The van der Waals surface area contributed by atoms with Crippen molar-refractivity contribution >= 4 is 34.3 Å². The molecule has 0 aliphatic rings. The van der Waals surface area contributed by atoms with Gasteiger partial charge in [-0.15, -0.1) is 11.6 Å². The predicted octanol–water partition coefficient (Wildman–Crippen LogP) is 1.91. The summed E-state index contributed by atoms with van der Waals surface area (Å²) in [5.74, 6) is 0.119. The Labute approximate surface area is 151 Å². The molecule has 0 amide bonds. The molecule has 25 heavy (non-hydrogen) atoms. The van der Waals surface area contributed by atoms with E-state index < -0.39 is 0 Å². The predicted molar refractivity (Wildman–Crippen MR) is 104 cm³/mol. The minimum atomic E-state index is -0.216. The molecule has 0 unspecified atom stereocenters. The molecule has 2 aromatic heterocycles. The van der Waals surface area contributed by atoms with Gasteiger partial charge in [0, 0.05) is 44.9 Å². The summed E-state index contributed by atoms with van der Waals surface area (Å²) < 4.78 is 0. The van der Waals surface area contributed by atoms with Crippen LogP contribution in [0.5, 0.6) is 0 Å². The standard InChI is InChI=1S/C16H20N6O.CH3Cl/c1-22(12-5-3-2-4-6-12)8-7-18-9-11-10-19-14-13(11)15(23)21-16(17)20-14;1-2/h2-6,10,18H,7-9H2,1H3,(H4,17,19,20,21,23);1H3. The first-order chi connectivity index (χ1) is 12.1. The molecular formula is C17H23ClN6O. The monoisotopic (exact) mass is 362 g/mol. The molecule has 0 aliphatic heterocycles. The molecule has 8 heteroatoms. The Morgan fingerprint density at radius 1 is 1.28 bits per heavy atom. The van der Waals surface area contributed by atoms with Crippen LogP contribution in [0.1, 0.15) is 5.56 Å². The average molecular weight is 363 g/mol. The van der Waals surface area contributed by atoms with Crippen LogP contribution in [0.25, 0.3) is 11.0 Å². The van der Waals surface area contributed by atoms with E-state index in [1.165, 1.54) is 12.1 Å². The molecule has 134 valence electrons. The van der Waals surface area contributed by atoms with Gasteiger partial charge >= 0.3 is 0 Å². The summed E-state index contributed by atoms with van der Waals surface area (Å²) in [4.78, 5) is 23.7. The number of fused-ring (bicyclic) bond motifs is 1. The molecule has 0 saturated carbocycles. The molecule has 5 N–H and O–H groups in total. The normalized spacial score (nSPS) is 10.4. The van der Waals surface area contributed by atoms with Crippen molar-refractivity contribution in [2.45, 2.75) is 6.54 Å². The van der Waals surface area contributed by atoms with Gasteiger partial charge in [0.25, 0.3) is 5.56 Å². The maximum Gasteiger partial charge on any atom is 0.262 e. The van der Waals surface area contributed by atoms with Crippen LogP contribution in [0.15, 0.2) is 41.3 Å². The quantitative estimate of drug-likeness (QED) is 0.396. The highest BCUT2D eigenvalue weighted by Gasteiger charge is 2.09. The highest BCUT2D eigenvalue weighted by Crippen LogP contribution is 2.12. The van der Waals surface area contributed by atoms with Gasteiger partial charge in [0.2, 0.25) is 5.95 Å². The SMILES string of the molecule is CCl.CN(CCNCc1c[nH]c2nc(N)[nH]c(=O)c12)c1ccccc1. The number of aromatic amines is 2. The summed E-state index contributed by atoms with van der Waals surface area (Å²) in [6.45, 7) is 2.27. The van der Waals surface area contributed by atoms with Gasteiger partial charge in [-0.3, -0.25) is 9.78 Å². The number of nitrogens with one attached hydrogen (secondary N) is 3. The fraction of sp³-hybridized carbons (Fsp3) is 0.294. The second-order valence-corrected chi connectivity index (χ2v) is 5.42. The number of alkyl halides is 1. The lowest BCUT2D eigenvalue weighted by molar-refractivity contribution is 0.682. The second kappa shape index (κ2) is 9.10. The molecule has 0 fully saturated rings. The number of likely N-dealkylation sites (N-methyl/N-ethyl adjacent to an activating group) is 1. The summed E-state index contributed by atoms with van der Waals surface area (Å²) in [5.41, 5.74) is 7.90. The third-order valence-corrected chi connectivity index (χ3v) is 3.78. The fourth-order valence-corrected chi connectivity index (χ4v) is 2.54. The van der Waals surface area contributed by atoms with E-state index in [0.29, 0.717) is 17.6 Å². The number of halogens is 1. The van der Waals surface area contributed by atoms with Gasteiger partial charge in [-0.05, 0) is 17.7 Å². The van der Waals surface area contributed by atoms with Gasteiger partial charge in [-0.25, -0.2) is 0 Å². The number of rotatable bonds is 6. The van der Waals surface area contributed by atoms with E-state index in [1.54, 1.807) is 6.20 Å². The molecule has 3 rings (SSSR count). The zero-order valence-corrected chi connectivity index (χ0v) is 15.1. The Morgan fingerprint density at radius 2 is 2.00 bits per heavy atom. The number of hydrogen-bond acceptors (Lipinski definition) is 5. The Kier molecular flexibility index (Phi) is 6.85. The molecule has 3 aromatic rings. The van der Waals surface area contributed by atoms with Crippen molar-refractivity contribution in [1.82, 2.24) is 20.3 Å². The molecule has 0 saturated heterocycles. The number of nitrogen functional groups attached to an aromatic ring is 1. The van der Waals surface area contributed by atoms with Crippen molar-refractivity contribution < 1.29 is 0 Å². The second-order valence-electron chi connectivity index (χ2n) is 5.42. The van der Waals surface area contributed by atoms with Crippen molar-refractivity contribution in [3.05, 3.63) is 52.4 Å². The van der Waals surface area contributed by atoms with Crippen molar-refractivity contribution in [3.8, 4) is 0 Å². The number of nitrogens with zero attached hydrogens (tertiary/aromatic N) is 2. The fourth-order valence-electron chi connectivity index (χ4n) is 2.54. The summed E-state index contributed by atoms with van der Waals surface area (Å²) >= 11 is 4.64. The van der Waals surface area contributed by atoms with Crippen LogP contribution < -0.4 is 21.5 Å². The van der Waals surface area contributed by atoms with Gasteiger partial charge in [-0.1, -0.05) is 18.2 Å². The summed E-state index contributed by atoms with van der Waals surface area (Å²) in [6.07, 6.45) is 3.26. The minimum Gasteiger partial charge on any atom is -0.373 e. The highest BCUT2D eigenvalue weighted by molar-refractivity contribution is 6.15. The van der Waals surface area contributed by atoms with Crippen LogP contribution in [0.3, 0.4) is 0 Å². The van der Waals surface area contributed by atoms with Crippen molar-refractivity contribution in [3.63, 3.8) is 0 Å². The zero-order chi connectivity index (χ0) is 18.2. The topological polar surface area (TPSA) is 103 Å². The van der Waals surface area contributed by atoms with Gasteiger partial charge in [-0.2, -0.15) is 4.98 Å². The maximum atomic E-state index is 12.0. The Balaban J connectivity index is 0.00000109. The van der Waals surface area contributed by atoms with Gasteiger partial charge < -0.3 is 20.9 Å². The molecule has 1 aromatic carbocycles. The molecule has 0 spiro atoms. The number of para-hydroxylation sites is 1. The summed E-state index contributed by atoms with van der Waals surface area (Å²) in [7, 11) is 2.06. The lowest BCUT2D eigenvalue weighted by Gasteiger charge is -2.19. The third-order valence-electron chi connectivity index (χ3n) is 3.78.